The fourth-order valence-corrected chi connectivity index (χ4v) is 7.74. The third-order valence-electron chi connectivity index (χ3n) is 9.93. The van der Waals surface area contributed by atoms with Crippen LogP contribution in [0.15, 0.2) is 71.7 Å². The summed E-state index contributed by atoms with van der Waals surface area (Å²) in [5, 5.41) is 16.7. The van der Waals surface area contributed by atoms with Gasteiger partial charge in [0.25, 0.3) is 5.56 Å². The highest BCUT2D eigenvalue weighted by atomic mass is 35.5. The molecule has 13 heteroatoms. The summed E-state index contributed by atoms with van der Waals surface area (Å²) >= 11 is 14.2. The number of rotatable bonds is 11. The predicted molar refractivity (Wildman–Crippen MR) is 201 cm³/mol. The van der Waals surface area contributed by atoms with Gasteiger partial charge in [-0.1, -0.05) is 65.7 Å². The Morgan fingerprint density at radius 3 is 2.42 bits per heavy atom. The van der Waals surface area contributed by atoms with Gasteiger partial charge in [0.1, 0.15) is 5.65 Å². The highest BCUT2D eigenvalue weighted by Gasteiger charge is 2.29. The third-order valence-corrected chi connectivity index (χ3v) is 10.7. The summed E-state index contributed by atoms with van der Waals surface area (Å²) in [6, 6.07) is 19.2. The molecule has 2 atom stereocenters. The number of aryl methyl sites for hydroxylation is 1. The Kier molecular flexibility index (Phi) is 10.3. The van der Waals surface area contributed by atoms with Crippen LogP contribution in [0, 0.1) is 12.8 Å². The summed E-state index contributed by atoms with van der Waals surface area (Å²) in [5.74, 6) is -0.656. The highest BCUT2D eigenvalue weighted by molar-refractivity contribution is 6.39. The lowest BCUT2D eigenvalue weighted by atomic mass is 9.97. The van der Waals surface area contributed by atoms with Gasteiger partial charge in [-0.3, -0.25) is 23.7 Å². The summed E-state index contributed by atoms with van der Waals surface area (Å²) in [6.45, 7) is 4.40. The lowest BCUT2D eigenvalue weighted by Crippen LogP contribution is -2.35. The molecule has 0 radical (unpaired) electrons. The summed E-state index contributed by atoms with van der Waals surface area (Å²) < 4.78 is 7.17. The molecule has 0 bridgehead atoms. The number of amides is 1. The van der Waals surface area contributed by atoms with Gasteiger partial charge in [0.05, 0.1) is 34.3 Å². The average molecular weight is 742 g/mol. The predicted octanol–water partition coefficient (Wildman–Crippen LogP) is 5.99. The second-order valence-corrected chi connectivity index (χ2v) is 14.1. The number of hydrogen-bond donors (Lipinski definition) is 3. The zero-order chi connectivity index (χ0) is 36.5. The van der Waals surface area contributed by atoms with E-state index in [1.54, 1.807) is 13.3 Å². The molecule has 0 saturated carbocycles. The number of halogens is 2. The van der Waals surface area contributed by atoms with Crippen molar-refractivity contribution in [3.05, 3.63) is 104 Å². The zero-order valence-corrected chi connectivity index (χ0v) is 30.3. The number of nitrogens with one attached hydrogen (secondary N) is 2. The molecular weight excluding hydrogens is 703 g/mol. The van der Waals surface area contributed by atoms with Crippen LogP contribution >= 0.6 is 23.2 Å². The summed E-state index contributed by atoms with van der Waals surface area (Å²) in [6.07, 6.45) is 3.65. The fourth-order valence-electron chi connectivity index (χ4n) is 7.08. The second-order valence-electron chi connectivity index (χ2n) is 13.3. The van der Waals surface area contributed by atoms with E-state index in [1.807, 2.05) is 72.5 Å². The van der Waals surface area contributed by atoms with Crippen LogP contribution in [0.1, 0.15) is 36.1 Å². The summed E-state index contributed by atoms with van der Waals surface area (Å²) in [5.41, 5.74) is 6.74. The average Bonchev–Trinajstić information content (AvgIpc) is 3.79. The highest BCUT2D eigenvalue weighted by Crippen LogP contribution is 2.42. The topological polar surface area (TPSA) is 138 Å². The molecule has 2 aliphatic heterocycles. The minimum absolute atomic E-state index is 0.0881. The minimum Gasteiger partial charge on any atom is -0.481 e. The quantitative estimate of drug-likeness (QED) is 0.149. The maximum atomic E-state index is 13.6. The molecule has 2 aliphatic rings. The Bertz CT molecular complexity index is 2260. The molecule has 268 valence electrons. The van der Waals surface area contributed by atoms with Crippen molar-refractivity contribution >= 4 is 40.7 Å². The molecule has 0 spiro atoms. The number of carboxylic acids is 1. The Hall–Kier alpha value is -4.81. The first-order valence-electron chi connectivity index (χ1n) is 17.2. The molecule has 7 rings (SSSR count). The van der Waals surface area contributed by atoms with Crippen LogP contribution < -0.4 is 20.9 Å². The number of aromatic nitrogens is 3. The van der Waals surface area contributed by atoms with Crippen molar-refractivity contribution in [1.82, 2.24) is 29.9 Å². The Balaban J connectivity index is 1.14. The first kappa shape index (κ1) is 35.6. The van der Waals surface area contributed by atoms with Crippen LogP contribution in [-0.2, 0) is 22.7 Å². The maximum Gasteiger partial charge on any atom is 0.307 e. The van der Waals surface area contributed by atoms with Gasteiger partial charge in [-0.15, -0.1) is 0 Å². The monoisotopic (exact) mass is 740 g/mol. The van der Waals surface area contributed by atoms with Gasteiger partial charge in [0.15, 0.2) is 0 Å². The number of carbonyl (C=O) groups excluding carboxylic acids is 1. The van der Waals surface area contributed by atoms with Crippen LogP contribution in [0.4, 0.5) is 0 Å². The number of methoxy groups -OCH3 is 1. The molecule has 3 aromatic heterocycles. The van der Waals surface area contributed by atoms with E-state index in [4.69, 9.17) is 37.9 Å². The lowest BCUT2D eigenvalue weighted by Gasteiger charge is -2.17. The minimum atomic E-state index is -0.807. The van der Waals surface area contributed by atoms with Crippen LogP contribution in [0.25, 0.3) is 39.2 Å². The summed E-state index contributed by atoms with van der Waals surface area (Å²) in [4.78, 5) is 48.1. The van der Waals surface area contributed by atoms with Gasteiger partial charge < -0.3 is 20.5 Å². The van der Waals surface area contributed by atoms with Crippen LogP contribution in [0.3, 0.4) is 0 Å². The molecule has 5 aromatic rings. The van der Waals surface area contributed by atoms with Crippen molar-refractivity contribution < 1.29 is 19.4 Å². The molecule has 11 nitrogen and oxygen atoms in total. The third kappa shape index (κ3) is 7.14. The van der Waals surface area contributed by atoms with Gasteiger partial charge >= 0.3 is 5.97 Å². The number of aliphatic carboxylic acids is 1. The van der Waals surface area contributed by atoms with Crippen LogP contribution in [-0.4, -0.2) is 69.0 Å². The van der Waals surface area contributed by atoms with Crippen molar-refractivity contribution in [1.29, 1.82) is 0 Å². The molecule has 5 heterocycles. The number of carbonyl (C=O) groups is 2. The van der Waals surface area contributed by atoms with Gasteiger partial charge in [0, 0.05) is 78.3 Å². The van der Waals surface area contributed by atoms with Crippen LogP contribution in [0.5, 0.6) is 5.88 Å². The Morgan fingerprint density at radius 2 is 1.73 bits per heavy atom. The van der Waals surface area contributed by atoms with Crippen molar-refractivity contribution in [2.24, 2.45) is 5.92 Å². The molecule has 2 fully saturated rings. The number of benzene rings is 2. The molecular formula is C39H38Cl2N6O5. The van der Waals surface area contributed by atoms with Crippen molar-refractivity contribution in [2.45, 2.75) is 45.3 Å². The lowest BCUT2D eigenvalue weighted by molar-refractivity contribution is -0.141. The molecule has 2 unspecified atom stereocenters. The second kappa shape index (κ2) is 15.0. The first-order chi connectivity index (χ1) is 25.1. The van der Waals surface area contributed by atoms with E-state index in [1.165, 1.54) is 4.40 Å². The van der Waals surface area contributed by atoms with E-state index in [2.05, 4.69) is 10.6 Å². The SMILES string of the molecule is COc1nc(-c2cccc(-c3cccc(-c4ccn5c(=O)c(CN6CCC(C(=O)O)C6)c(C)nc5c4)c3Cl)c2Cl)ccc1CNCC1CCC(=O)N1. The maximum absolute atomic E-state index is 13.6. The molecule has 52 heavy (non-hydrogen) atoms. The Morgan fingerprint density at radius 1 is 1.00 bits per heavy atom. The first-order valence-corrected chi connectivity index (χ1v) is 18.0. The molecule has 2 aromatic carbocycles. The number of pyridine rings is 2. The van der Waals surface area contributed by atoms with Crippen molar-refractivity contribution in [3.8, 4) is 39.4 Å². The Labute approximate surface area is 310 Å². The number of fused-ring (bicyclic) bond motifs is 1. The largest absolute Gasteiger partial charge is 0.481 e. The van der Waals surface area contributed by atoms with Crippen molar-refractivity contribution in [2.75, 3.05) is 26.7 Å². The molecule has 3 N–H and O–H groups in total. The van der Waals surface area contributed by atoms with Gasteiger partial charge in [-0.2, -0.15) is 0 Å². The number of likely N-dealkylation sites (tertiary alicyclic amines) is 1. The van der Waals surface area contributed by atoms with E-state index < -0.39 is 11.9 Å². The standard InChI is InChI=1S/C39H38Cl2N6O5/c1-22-31(21-46-15-13-25(20-46)39(50)51)38(49)47-16-14-23(17-33(47)43-22)27-5-3-6-28(35(27)40)29-7-4-8-30(36(29)41)32-11-9-24(37(45-32)52-2)18-42-19-26-10-12-34(48)44-26/h3-9,11,14,16-17,25-26,42H,10,12-13,15,18-21H2,1-2H3,(H,44,48)(H,50,51). The van der Waals surface area contributed by atoms with Gasteiger partial charge in [0.2, 0.25) is 11.8 Å². The van der Waals surface area contributed by atoms with E-state index in [0.717, 1.165) is 39.8 Å². The van der Waals surface area contributed by atoms with Gasteiger partial charge in [-0.05, 0) is 50.1 Å². The zero-order valence-electron chi connectivity index (χ0n) is 28.8. The number of carboxylic acid groups (broad SMARTS) is 1. The van der Waals surface area contributed by atoms with E-state index in [-0.39, 0.29) is 17.5 Å². The smallest absolute Gasteiger partial charge is 0.307 e. The number of hydrogen-bond acceptors (Lipinski definition) is 8. The molecule has 1 amide bonds. The van der Waals surface area contributed by atoms with E-state index >= 15 is 0 Å². The molecule has 2 saturated heterocycles. The number of ether oxygens (including phenoxy) is 1. The van der Waals surface area contributed by atoms with Crippen LogP contribution in [0.2, 0.25) is 10.0 Å². The number of nitrogens with zero attached hydrogens (tertiary/aromatic N) is 4. The van der Waals surface area contributed by atoms with Gasteiger partial charge in [-0.25, -0.2) is 9.97 Å². The summed E-state index contributed by atoms with van der Waals surface area (Å²) in [7, 11) is 1.58. The molecule has 0 aliphatic carbocycles. The normalized spacial score (nSPS) is 17.5. The van der Waals surface area contributed by atoms with E-state index in [9.17, 15) is 19.5 Å². The van der Waals surface area contributed by atoms with Crippen molar-refractivity contribution in [3.63, 3.8) is 0 Å². The van der Waals surface area contributed by atoms with E-state index in [0.29, 0.717) is 84.1 Å². The fraction of sp³-hybridized carbons (Fsp3) is 0.308.